The average Bonchev–Trinajstić information content (AvgIpc) is 2.63. The van der Waals surface area contributed by atoms with E-state index in [-0.39, 0.29) is 23.7 Å². The number of rotatable bonds is 5. The Labute approximate surface area is 149 Å². The van der Waals surface area contributed by atoms with Gasteiger partial charge in [-0.1, -0.05) is 48.5 Å². The highest BCUT2D eigenvalue weighted by Crippen LogP contribution is 2.25. The molecule has 1 aliphatic rings. The summed E-state index contributed by atoms with van der Waals surface area (Å²) in [5.74, 6) is 0.00391. The van der Waals surface area contributed by atoms with Crippen LogP contribution in [0.5, 0.6) is 0 Å². The van der Waals surface area contributed by atoms with Gasteiger partial charge in [-0.15, -0.1) is 0 Å². The van der Waals surface area contributed by atoms with Crippen molar-refractivity contribution >= 4 is 19.9 Å². The third kappa shape index (κ3) is 4.11. The Kier molecular flexibility index (Phi) is 5.27. The average molecular weight is 380 g/mol. The summed E-state index contributed by atoms with van der Waals surface area (Å²) in [4.78, 5) is 0.251. The van der Waals surface area contributed by atoms with Crippen molar-refractivity contribution in [3.05, 3.63) is 66.2 Å². The van der Waals surface area contributed by atoms with Gasteiger partial charge in [-0.3, -0.25) is 0 Å². The van der Waals surface area contributed by atoms with Crippen molar-refractivity contribution in [1.82, 2.24) is 4.31 Å². The molecule has 0 aliphatic carbocycles. The van der Waals surface area contributed by atoms with Crippen LogP contribution in [0.1, 0.15) is 18.4 Å². The standard InChI is InChI=1S/C18H21NO4S2/c20-24(21,15-16-7-3-1-4-8-16)17-11-13-19(14-12-17)25(22,23)18-9-5-2-6-10-18/h1-10,17H,11-15H2. The minimum Gasteiger partial charge on any atom is -0.228 e. The molecule has 0 N–H and O–H groups in total. The van der Waals surface area contributed by atoms with Crippen LogP contribution < -0.4 is 0 Å². The fourth-order valence-electron chi connectivity index (χ4n) is 3.10. The maximum absolute atomic E-state index is 12.6. The minimum absolute atomic E-state index is 0.00391. The largest absolute Gasteiger partial charge is 0.243 e. The summed E-state index contributed by atoms with van der Waals surface area (Å²) in [5, 5.41) is -0.491. The molecule has 3 rings (SSSR count). The van der Waals surface area contributed by atoms with Crippen LogP contribution in [0.4, 0.5) is 0 Å². The monoisotopic (exact) mass is 379 g/mol. The smallest absolute Gasteiger partial charge is 0.228 e. The molecule has 7 heteroatoms. The van der Waals surface area contributed by atoms with Crippen molar-refractivity contribution in [3.63, 3.8) is 0 Å². The fraction of sp³-hybridized carbons (Fsp3) is 0.333. The van der Waals surface area contributed by atoms with Crippen molar-refractivity contribution in [3.8, 4) is 0 Å². The number of nitrogens with zero attached hydrogens (tertiary/aromatic N) is 1. The lowest BCUT2D eigenvalue weighted by molar-refractivity contribution is 0.345. The highest BCUT2D eigenvalue weighted by atomic mass is 32.2. The lowest BCUT2D eigenvalue weighted by atomic mass is 10.2. The number of piperidine rings is 1. The molecule has 0 bridgehead atoms. The van der Waals surface area contributed by atoms with Gasteiger partial charge >= 0.3 is 0 Å². The number of benzene rings is 2. The van der Waals surface area contributed by atoms with Crippen LogP contribution >= 0.6 is 0 Å². The van der Waals surface area contributed by atoms with E-state index in [4.69, 9.17) is 0 Å². The van der Waals surface area contributed by atoms with E-state index in [0.29, 0.717) is 12.8 Å². The first kappa shape index (κ1) is 18.1. The molecular formula is C18H21NO4S2. The Bertz CT molecular complexity index is 902. The number of hydrogen-bond acceptors (Lipinski definition) is 4. The molecule has 1 heterocycles. The van der Waals surface area contributed by atoms with Crippen molar-refractivity contribution in [2.45, 2.75) is 28.7 Å². The zero-order valence-corrected chi connectivity index (χ0v) is 15.4. The molecule has 1 saturated heterocycles. The van der Waals surface area contributed by atoms with Crippen LogP contribution in [-0.4, -0.2) is 39.5 Å². The molecule has 2 aromatic rings. The summed E-state index contributed by atoms with van der Waals surface area (Å²) in [7, 11) is -6.84. The third-order valence-electron chi connectivity index (χ3n) is 4.50. The summed E-state index contributed by atoms with van der Waals surface area (Å²) >= 11 is 0. The summed E-state index contributed by atoms with van der Waals surface area (Å²) in [6.07, 6.45) is 0.669. The summed E-state index contributed by atoms with van der Waals surface area (Å²) in [6.45, 7) is 0.464. The van der Waals surface area contributed by atoms with Crippen LogP contribution in [0.3, 0.4) is 0 Å². The van der Waals surface area contributed by atoms with Crippen LogP contribution in [-0.2, 0) is 25.6 Å². The Morgan fingerprint density at radius 2 is 1.32 bits per heavy atom. The lowest BCUT2D eigenvalue weighted by Crippen LogP contribution is -2.42. The van der Waals surface area contributed by atoms with E-state index in [2.05, 4.69) is 0 Å². The van der Waals surface area contributed by atoms with Gasteiger partial charge in [-0.25, -0.2) is 16.8 Å². The molecule has 5 nitrogen and oxygen atoms in total. The molecule has 134 valence electrons. The molecule has 0 radical (unpaired) electrons. The molecular weight excluding hydrogens is 358 g/mol. The maximum Gasteiger partial charge on any atom is 0.243 e. The Morgan fingerprint density at radius 3 is 1.88 bits per heavy atom. The molecule has 2 aromatic carbocycles. The molecule has 0 unspecified atom stereocenters. The molecule has 25 heavy (non-hydrogen) atoms. The highest BCUT2D eigenvalue weighted by molar-refractivity contribution is 7.91. The topological polar surface area (TPSA) is 71.5 Å². The van der Waals surface area contributed by atoms with Crippen molar-refractivity contribution in [2.75, 3.05) is 13.1 Å². The molecule has 0 spiro atoms. The minimum atomic E-state index is -3.55. The van der Waals surface area contributed by atoms with E-state index in [0.717, 1.165) is 5.56 Å². The normalized spacial score (nSPS) is 17.4. The summed E-state index contributed by atoms with van der Waals surface area (Å²) < 4.78 is 51.8. The van der Waals surface area contributed by atoms with E-state index in [1.807, 2.05) is 18.2 Å². The van der Waals surface area contributed by atoms with Gasteiger partial charge in [0.25, 0.3) is 0 Å². The Hall–Kier alpha value is -1.70. The molecule has 0 saturated carbocycles. The number of sulfonamides is 1. The predicted octanol–water partition coefficient (Wildman–Crippen LogP) is 2.45. The van der Waals surface area contributed by atoms with Crippen LogP contribution in [0, 0.1) is 0 Å². The van der Waals surface area contributed by atoms with Crippen molar-refractivity contribution in [2.24, 2.45) is 0 Å². The first-order chi connectivity index (χ1) is 11.9. The second kappa shape index (κ2) is 7.27. The zero-order chi connectivity index (χ0) is 17.9. The molecule has 1 aliphatic heterocycles. The predicted molar refractivity (Wildman–Crippen MR) is 97.3 cm³/mol. The number of sulfone groups is 1. The van der Waals surface area contributed by atoms with Gasteiger partial charge in [0.05, 0.1) is 15.9 Å². The quantitative estimate of drug-likeness (QED) is 0.800. The third-order valence-corrected chi connectivity index (χ3v) is 8.64. The second-order valence-corrected chi connectivity index (χ2v) is 10.4. The van der Waals surface area contributed by atoms with Gasteiger partial charge in [0.1, 0.15) is 0 Å². The van der Waals surface area contributed by atoms with Gasteiger partial charge in [-0.2, -0.15) is 4.31 Å². The van der Waals surface area contributed by atoms with E-state index < -0.39 is 25.1 Å². The molecule has 0 amide bonds. The molecule has 1 fully saturated rings. The zero-order valence-electron chi connectivity index (χ0n) is 13.8. The van der Waals surface area contributed by atoms with E-state index >= 15 is 0 Å². The second-order valence-electron chi connectivity index (χ2n) is 6.21. The fourth-order valence-corrected chi connectivity index (χ4v) is 6.41. The van der Waals surface area contributed by atoms with Gasteiger partial charge in [0.2, 0.25) is 10.0 Å². The van der Waals surface area contributed by atoms with Crippen molar-refractivity contribution in [1.29, 1.82) is 0 Å². The highest BCUT2D eigenvalue weighted by Gasteiger charge is 2.34. The molecule has 0 aromatic heterocycles. The SMILES string of the molecule is O=S(=O)(Cc1ccccc1)C1CCN(S(=O)(=O)c2ccccc2)CC1. The number of hydrogen-bond donors (Lipinski definition) is 0. The van der Waals surface area contributed by atoms with E-state index in [1.54, 1.807) is 42.5 Å². The van der Waals surface area contributed by atoms with Gasteiger partial charge in [0.15, 0.2) is 9.84 Å². The van der Waals surface area contributed by atoms with Crippen LogP contribution in [0.2, 0.25) is 0 Å². The van der Waals surface area contributed by atoms with E-state index in [1.165, 1.54) is 4.31 Å². The lowest BCUT2D eigenvalue weighted by Gasteiger charge is -2.31. The van der Waals surface area contributed by atoms with Crippen LogP contribution in [0.15, 0.2) is 65.6 Å². The maximum atomic E-state index is 12.6. The first-order valence-corrected chi connectivity index (χ1v) is 11.4. The Morgan fingerprint density at radius 1 is 0.800 bits per heavy atom. The van der Waals surface area contributed by atoms with Gasteiger partial charge in [0, 0.05) is 13.1 Å². The molecule has 0 atom stereocenters. The van der Waals surface area contributed by atoms with Gasteiger partial charge < -0.3 is 0 Å². The van der Waals surface area contributed by atoms with Gasteiger partial charge in [-0.05, 0) is 30.5 Å². The van der Waals surface area contributed by atoms with Crippen molar-refractivity contribution < 1.29 is 16.8 Å². The van der Waals surface area contributed by atoms with E-state index in [9.17, 15) is 16.8 Å². The Balaban J connectivity index is 1.67. The first-order valence-electron chi connectivity index (χ1n) is 8.20. The summed E-state index contributed by atoms with van der Waals surface area (Å²) in [6, 6.07) is 17.3. The van der Waals surface area contributed by atoms with Crippen LogP contribution in [0.25, 0.3) is 0 Å². The summed E-state index contributed by atoms with van der Waals surface area (Å²) in [5.41, 5.74) is 0.766.